The molecule has 2 heterocycles. The fourth-order valence-corrected chi connectivity index (χ4v) is 6.13. The maximum atomic E-state index is 4.38. The SMILES string of the molecule is Cc1cc(-c2ccc3c(ccc4c5ccc(-c6ccc7ccccc7c6)cc5n(-c5ccccc5)c34)c2)ccn1. The second kappa shape index (κ2) is 8.93. The maximum absolute atomic E-state index is 4.38. The molecule has 6 aromatic carbocycles. The Morgan fingerprint density at radius 1 is 0.475 bits per heavy atom. The summed E-state index contributed by atoms with van der Waals surface area (Å²) in [5.41, 5.74) is 9.50. The van der Waals surface area contributed by atoms with Gasteiger partial charge in [0, 0.05) is 33.7 Å². The van der Waals surface area contributed by atoms with Crippen LogP contribution in [0.1, 0.15) is 5.69 Å². The lowest BCUT2D eigenvalue weighted by Crippen LogP contribution is -1.94. The standard InChI is InChI=1S/C38H26N2/c1-25-21-31(19-20-39-25)29-13-16-34-32(23-29)15-18-36-35-17-14-30(28-12-11-26-7-5-6-8-27(26)22-28)24-37(35)40(38(34)36)33-9-3-2-4-10-33/h2-24H,1H3. The number of pyridine rings is 1. The number of nitrogens with zero attached hydrogens (tertiary/aromatic N) is 2. The van der Waals surface area contributed by atoms with Gasteiger partial charge in [-0.05, 0) is 87.8 Å². The fraction of sp³-hybridized carbons (Fsp3) is 0.0263. The third kappa shape index (κ3) is 3.61. The molecule has 40 heavy (non-hydrogen) atoms. The predicted octanol–water partition coefficient (Wildman–Crippen LogP) is 10.1. The lowest BCUT2D eigenvalue weighted by Gasteiger charge is -2.11. The van der Waals surface area contributed by atoms with Crippen LogP contribution in [0.4, 0.5) is 0 Å². The average Bonchev–Trinajstić information content (AvgIpc) is 3.35. The van der Waals surface area contributed by atoms with Crippen LogP contribution >= 0.6 is 0 Å². The van der Waals surface area contributed by atoms with Gasteiger partial charge in [-0.1, -0.05) is 91.0 Å². The summed E-state index contributed by atoms with van der Waals surface area (Å²) < 4.78 is 2.44. The number of aryl methyl sites for hydroxylation is 1. The van der Waals surface area contributed by atoms with Gasteiger partial charge in [0.1, 0.15) is 0 Å². The van der Waals surface area contributed by atoms with Gasteiger partial charge in [-0.25, -0.2) is 0 Å². The van der Waals surface area contributed by atoms with Gasteiger partial charge in [0.05, 0.1) is 11.0 Å². The average molecular weight is 511 g/mol. The molecule has 0 saturated carbocycles. The van der Waals surface area contributed by atoms with Crippen molar-refractivity contribution in [2.75, 3.05) is 0 Å². The molecule has 188 valence electrons. The first kappa shape index (κ1) is 22.7. The zero-order valence-corrected chi connectivity index (χ0v) is 22.2. The fourth-order valence-electron chi connectivity index (χ4n) is 6.13. The van der Waals surface area contributed by atoms with Crippen molar-refractivity contribution in [3.63, 3.8) is 0 Å². The first-order valence-corrected chi connectivity index (χ1v) is 13.7. The van der Waals surface area contributed by atoms with Gasteiger partial charge in [-0.3, -0.25) is 4.98 Å². The topological polar surface area (TPSA) is 17.8 Å². The highest BCUT2D eigenvalue weighted by Crippen LogP contribution is 2.39. The molecule has 0 saturated heterocycles. The molecule has 0 atom stereocenters. The number of fused-ring (bicyclic) bond motifs is 6. The van der Waals surface area contributed by atoms with Crippen LogP contribution in [0.5, 0.6) is 0 Å². The highest BCUT2D eigenvalue weighted by Gasteiger charge is 2.16. The van der Waals surface area contributed by atoms with Crippen LogP contribution in [0.25, 0.3) is 71.3 Å². The van der Waals surface area contributed by atoms with E-state index in [9.17, 15) is 0 Å². The van der Waals surface area contributed by atoms with Crippen LogP contribution in [0.2, 0.25) is 0 Å². The second-order valence-electron chi connectivity index (χ2n) is 10.5. The molecule has 0 fully saturated rings. The molecular weight excluding hydrogens is 484 g/mol. The number of para-hydroxylation sites is 1. The Hall–Kier alpha value is -5.21. The molecule has 0 bridgehead atoms. The van der Waals surface area contributed by atoms with E-state index in [0.29, 0.717) is 0 Å². The number of hydrogen-bond acceptors (Lipinski definition) is 1. The van der Waals surface area contributed by atoms with Gasteiger partial charge in [-0.2, -0.15) is 0 Å². The monoisotopic (exact) mass is 510 g/mol. The number of rotatable bonds is 3. The Kier molecular flexibility index (Phi) is 5.08. The molecule has 0 N–H and O–H groups in total. The van der Waals surface area contributed by atoms with Crippen molar-refractivity contribution in [3.8, 4) is 27.9 Å². The number of hydrogen-bond donors (Lipinski definition) is 0. The summed E-state index contributed by atoms with van der Waals surface area (Å²) in [5.74, 6) is 0. The number of benzene rings is 6. The van der Waals surface area contributed by atoms with E-state index in [1.165, 1.54) is 71.3 Å². The summed E-state index contributed by atoms with van der Waals surface area (Å²) in [6.45, 7) is 2.04. The van der Waals surface area contributed by atoms with Crippen LogP contribution in [-0.4, -0.2) is 9.55 Å². The maximum Gasteiger partial charge on any atom is 0.0619 e. The highest BCUT2D eigenvalue weighted by atomic mass is 15.0. The summed E-state index contributed by atoms with van der Waals surface area (Å²) in [6.07, 6.45) is 1.89. The van der Waals surface area contributed by atoms with E-state index in [2.05, 4.69) is 143 Å². The van der Waals surface area contributed by atoms with E-state index in [0.717, 1.165) is 5.69 Å². The van der Waals surface area contributed by atoms with Gasteiger partial charge >= 0.3 is 0 Å². The van der Waals surface area contributed by atoms with Crippen molar-refractivity contribution in [2.24, 2.45) is 0 Å². The van der Waals surface area contributed by atoms with Gasteiger partial charge in [0.15, 0.2) is 0 Å². The molecule has 2 aromatic heterocycles. The van der Waals surface area contributed by atoms with Gasteiger partial charge in [0.2, 0.25) is 0 Å². The normalized spacial score (nSPS) is 11.6. The lowest BCUT2D eigenvalue weighted by atomic mass is 9.98. The van der Waals surface area contributed by atoms with Crippen molar-refractivity contribution < 1.29 is 0 Å². The molecule has 0 aliphatic rings. The van der Waals surface area contributed by atoms with E-state index < -0.39 is 0 Å². The molecule has 0 amide bonds. The summed E-state index contributed by atoms with van der Waals surface area (Å²) in [6, 6.07) is 48.6. The van der Waals surface area contributed by atoms with Crippen molar-refractivity contribution in [1.29, 1.82) is 0 Å². The molecule has 2 nitrogen and oxygen atoms in total. The molecule has 0 aliphatic carbocycles. The first-order valence-electron chi connectivity index (χ1n) is 13.7. The Bertz CT molecular complexity index is 2220. The summed E-state index contributed by atoms with van der Waals surface area (Å²) in [7, 11) is 0. The lowest BCUT2D eigenvalue weighted by molar-refractivity contribution is 1.19. The Labute approximate surface area is 232 Å². The Balaban J connectivity index is 1.40. The second-order valence-corrected chi connectivity index (χ2v) is 10.5. The van der Waals surface area contributed by atoms with Crippen molar-refractivity contribution in [1.82, 2.24) is 9.55 Å². The molecule has 0 radical (unpaired) electrons. The molecule has 0 aliphatic heterocycles. The van der Waals surface area contributed by atoms with Crippen molar-refractivity contribution >= 4 is 43.4 Å². The van der Waals surface area contributed by atoms with Gasteiger partial charge in [-0.15, -0.1) is 0 Å². The molecule has 8 rings (SSSR count). The van der Waals surface area contributed by atoms with Gasteiger partial charge in [0.25, 0.3) is 0 Å². The van der Waals surface area contributed by atoms with E-state index in [1.54, 1.807) is 0 Å². The van der Waals surface area contributed by atoms with Crippen LogP contribution < -0.4 is 0 Å². The molecule has 2 heteroatoms. The summed E-state index contributed by atoms with van der Waals surface area (Å²) in [4.78, 5) is 4.38. The third-order valence-electron chi connectivity index (χ3n) is 8.07. The summed E-state index contributed by atoms with van der Waals surface area (Å²) in [5, 5.41) is 7.53. The van der Waals surface area contributed by atoms with Crippen LogP contribution in [0.15, 0.2) is 140 Å². The Morgan fingerprint density at radius 3 is 1.93 bits per heavy atom. The minimum atomic E-state index is 1.03. The highest BCUT2D eigenvalue weighted by molar-refractivity contribution is 6.19. The van der Waals surface area contributed by atoms with Crippen LogP contribution in [0.3, 0.4) is 0 Å². The van der Waals surface area contributed by atoms with Gasteiger partial charge < -0.3 is 4.57 Å². The third-order valence-corrected chi connectivity index (χ3v) is 8.07. The van der Waals surface area contributed by atoms with Crippen molar-refractivity contribution in [2.45, 2.75) is 6.92 Å². The minimum Gasteiger partial charge on any atom is -0.309 e. The quantitative estimate of drug-likeness (QED) is 0.231. The molecular formula is C38H26N2. The smallest absolute Gasteiger partial charge is 0.0619 e. The largest absolute Gasteiger partial charge is 0.309 e. The van der Waals surface area contributed by atoms with Crippen LogP contribution in [0, 0.1) is 6.92 Å². The summed E-state index contributed by atoms with van der Waals surface area (Å²) >= 11 is 0. The van der Waals surface area contributed by atoms with E-state index in [-0.39, 0.29) is 0 Å². The first-order chi connectivity index (χ1) is 19.7. The molecule has 8 aromatic rings. The Morgan fingerprint density at radius 2 is 1.10 bits per heavy atom. The van der Waals surface area contributed by atoms with E-state index in [4.69, 9.17) is 0 Å². The van der Waals surface area contributed by atoms with Crippen molar-refractivity contribution in [3.05, 3.63) is 145 Å². The molecule has 0 spiro atoms. The molecule has 0 unspecified atom stereocenters. The zero-order chi connectivity index (χ0) is 26.6. The van der Waals surface area contributed by atoms with E-state index in [1.807, 2.05) is 13.1 Å². The van der Waals surface area contributed by atoms with Crippen LogP contribution in [-0.2, 0) is 0 Å². The van der Waals surface area contributed by atoms with E-state index >= 15 is 0 Å². The number of aromatic nitrogens is 2. The zero-order valence-electron chi connectivity index (χ0n) is 22.2. The minimum absolute atomic E-state index is 1.03. The predicted molar refractivity (Wildman–Crippen MR) is 169 cm³/mol.